The summed E-state index contributed by atoms with van der Waals surface area (Å²) in [5.41, 5.74) is 2.18. The van der Waals surface area contributed by atoms with Crippen molar-refractivity contribution in [1.82, 2.24) is 4.98 Å². The number of halogens is 2. The molecule has 0 radical (unpaired) electrons. The number of aryl methyl sites for hydroxylation is 1. The molecular formula is C13H11Br2N3O2. The molecule has 0 atom stereocenters. The summed E-state index contributed by atoms with van der Waals surface area (Å²) in [4.78, 5) is 14.9. The van der Waals surface area contributed by atoms with Crippen molar-refractivity contribution < 1.29 is 4.92 Å². The number of nitro benzene ring substituents is 1. The lowest BCUT2D eigenvalue weighted by Crippen LogP contribution is -2.05. The van der Waals surface area contributed by atoms with Crippen LogP contribution in [0.25, 0.3) is 0 Å². The average Bonchev–Trinajstić information content (AvgIpc) is 2.38. The highest BCUT2D eigenvalue weighted by Crippen LogP contribution is 2.27. The Balaban J connectivity index is 2.20. The highest BCUT2D eigenvalue weighted by atomic mass is 79.9. The van der Waals surface area contributed by atoms with Gasteiger partial charge in [-0.05, 0) is 56.5 Å². The second kappa shape index (κ2) is 6.32. The van der Waals surface area contributed by atoms with E-state index in [1.54, 1.807) is 18.3 Å². The van der Waals surface area contributed by atoms with Crippen molar-refractivity contribution in [1.29, 1.82) is 0 Å². The fraction of sp³-hybridized carbons (Fsp3) is 0.154. The number of anilines is 1. The van der Waals surface area contributed by atoms with Gasteiger partial charge in [-0.25, -0.2) is 0 Å². The normalized spacial score (nSPS) is 10.3. The molecule has 0 aliphatic heterocycles. The molecule has 2 aromatic rings. The van der Waals surface area contributed by atoms with E-state index in [1.165, 1.54) is 0 Å². The molecule has 1 aromatic carbocycles. The van der Waals surface area contributed by atoms with Gasteiger partial charge in [0.2, 0.25) is 0 Å². The third kappa shape index (κ3) is 3.55. The van der Waals surface area contributed by atoms with Crippen molar-refractivity contribution >= 4 is 43.2 Å². The van der Waals surface area contributed by atoms with Crippen LogP contribution >= 0.6 is 31.9 Å². The average molecular weight is 401 g/mol. The van der Waals surface area contributed by atoms with Gasteiger partial charge in [-0.1, -0.05) is 6.07 Å². The third-order valence-corrected chi connectivity index (χ3v) is 3.80. The van der Waals surface area contributed by atoms with E-state index >= 15 is 0 Å². The van der Waals surface area contributed by atoms with Crippen molar-refractivity contribution in [2.45, 2.75) is 13.5 Å². The van der Waals surface area contributed by atoms with E-state index < -0.39 is 0 Å². The van der Waals surface area contributed by atoms with Crippen molar-refractivity contribution in [3.8, 4) is 0 Å². The molecular weight excluding hydrogens is 390 g/mol. The monoisotopic (exact) mass is 399 g/mol. The third-order valence-electron chi connectivity index (χ3n) is 2.68. The molecule has 0 fully saturated rings. The summed E-state index contributed by atoms with van der Waals surface area (Å²) in [5, 5.41) is 14.1. The molecule has 2 rings (SSSR count). The van der Waals surface area contributed by atoms with Gasteiger partial charge in [-0.2, -0.15) is 0 Å². The Kier molecular flexibility index (Phi) is 4.72. The lowest BCUT2D eigenvalue weighted by molar-refractivity contribution is -0.384. The summed E-state index contributed by atoms with van der Waals surface area (Å²) < 4.78 is 1.71. The van der Waals surface area contributed by atoms with Crippen LogP contribution in [0.4, 0.5) is 11.4 Å². The lowest BCUT2D eigenvalue weighted by atomic mass is 10.2. The van der Waals surface area contributed by atoms with Crippen LogP contribution in [0.1, 0.15) is 11.3 Å². The summed E-state index contributed by atoms with van der Waals surface area (Å²) in [7, 11) is 0. The number of aromatic nitrogens is 1. The summed E-state index contributed by atoms with van der Waals surface area (Å²) in [6.45, 7) is 2.22. The van der Waals surface area contributed by atoms with Gasteiger partial charge in [0, 0.05) is 21.2 Å². The molecule has 1 heterocycles. The van der Waals surface area contributed by atoms with E-state index in [0.717, 1.165) is 20.2 Å². The summed E-state index contributed by atoms with van der Waals surface area (Å²) in [6, 6.07) is 6.97. The largest absolute Gasteiger partial charge is 0.374 e. The molecule has 0 saturated heterocycles. The second-order valence-corrected chi connectivity index (χ2v) is 5.98. The van der Waals surface area contributed by atoms with Gasteiger partial charge >= 0.3 is 0 Å². The van der Waals surface area contributed by atoms with Crippen molar-refractivity contribution in [2.75, 3.05) is 5.32 Å². The highest BCUT2D eigenvalue weighted by molar-refractivity contribution is 9.11. The maximum atomic E-state index is 11.0. The Morgan fingerprint density at radius 2 is 2.10 bits per heavy atom. The number of hydrogen-bond acceptors (Lipinski definition) is 4. The zero-order chi connectivity index (χ0) is 14.7. The van der Waals surface area contributed by atoms with E-state index in [9.17, 15) is 10.1 Å². The molecule has 0 bridgehead atoms. The quantitative estimate of drug-likeness (QED) is 0.608. The molecule has 0 aliphatic rings. The van der Waals surface area contributed by atoms with Crippen LogP contribution in [0.5, 0.6) is 0 Å². The number of rotatable bonds is 4. The van der Waals surface area contributed by atoms with E-state index in [0.29, 0.717) is 12.2 Å². The first kappa shape index (κ1) is 14.9. The van der Waals surface area contributed by atoms with Gasteiger partial charge < -0.3 is 5.32 Å². The molecule has 1 aromatic heterocycles. The van der Waals surface area contributed by atoms with Crippen LogP contribution in [0, 0.1) is 17.0 Å². The molecule has 0 saturated carbocycles. The summed E-state index contributed by atoms with van der Waals surface area (Å²) >= 11 is 6.74. The van der Waals surface area contributed by atoms with Crippen molar-refractivity contribution in [3.63, 3.8) is 0 Å². The minimum Gasteiger partial charge on any atom is -0.374 e. The fourth-order valence-electron chi connectivity index (χ4n) is 1.69. The van der Waals surface area contributed by atoms with E-state index in [2.05, 4.69) is 42.2 Å². The lowest BCUT2D eigenvalue weighted by Gasteiger charge is -2.08. The summed E-state index contributed by atoms with van der Waals surface area (Å²) in [6.07, 6.45) is 1.69. The van der Waals surface area contributed by atoms with Gasteiger partial charge in [0.1, 0.15) is 5.69 Å². The molecule has 7 heteroatoms. The number of nitrogens with one attached hydrogen (secondary N) is 1. The number of benzene rings is 1. The molecule has 0 unspecified atom stereocenters. The Morgan fingerprint density at radius 3 is 2.75 bits per heavy atom. The zero-order valence-corrected chi connectivity index (χ0v) is 13.7. The Labute approximate surface area is 132 Å². The van der Waals surface area contributed by atoms with Gasteiger partial charge in [-0.3, -0.25) is 15.1 Å². The van der Waals surface area contributed by atoms with E-state index in [4.69, 9.17) is 0 Å². The molecule has 1 N–H and O–H groups in total. The summed E-state index contributed by atoms with van der Waals surface area (Å²) in [5.74, 6) is 0. The van der Waals surface area contributed by atoms with Crippen LogP contribution in [-0.2, 0) is 6.54 Å². The highest BCUT2D eigenvalue weighted by Gasteiger charge is 2.14. The predicted molar refractivity (Wildman–Crippen MR) is 84.8 cm³/mol. The SMILES string of the molecule is Cc1ccc(NCc2ncc(Br)cc2Br)c([N+](=O)[O-])c1. The molecule has 0 aliphatic carbocycles. The fourth-order valence-corrected chi connectivity index (χ4v) is 2.82. The van der Waals surface area contributed by atoms with Crippen LogP contribution in [0.15, 0.2) is 39.4 Å². The zero-order valence-electron chi connectivity index (χ0n) is 10.6. The number of hydrogen-bond donors (Lipinski definition) is 1. The van der Waals surface area contributed by atoms with Crippen LogP contribution < -0.4 is 5.32 Å². The number of nitrogens with zero attached hydrogens (tertiary/aromatic N) is 2. The maximum Gasteiger partial charge on any atom is 0.292 e. The predicted octanol–water partition coefficient (Wildman–Crippen LogP) is 4.44. The van der Waals surface area contributed by atoms with E-state index in [-0.39, 0.29) is 10.6 Å². The molecule has 104 valence electrons. The van der Waals surface area contributed by atoms with Gasteiger partial charge in [0.25, 0.3) is 5.69 Å². The van der Waals surface area contributed by atoms with Gasteiger partial charge in [0.15, 0.2) is 0 Å². The number of pyridine rings is 1. The minimum absolute atomic E-state index is 0.0678. The first-order chi connectivity index (χ1) is 9.47. The Morgan fingerprint density at radius 1 is 1.35 bits per heavy atom. The van der Waals surface area contributed by atoms with Crippen molar-refractivity contribution in [3.05, 3.63) is 60.8 Å². The topological polar surface area (TPSA) is 68.1 Å². The standard InChI is InChI=1S/C13H11Br2N3O2/c1-8-2-3-11(13(4-8)18(19)20)17-7-12-10(15)5-9(14)6-16-12/h2-6,17H,7H2,1H3. The first-order valence-corrected chi connectivity index (χ1v) is 7.35. The molecule has 0 amide bonds. The maximum absolute atomic E-state index is 11.0. The molecule has 20 heavy (non-hydrogen) atoms. The minimum atomic E-state index is -0.389. The Bertz CT molecular complexity index is 662. The van der Waals surface area contributed by atoms with Crippen molar-refractivity contribution in [2.24, 2.45) is 0 Å². The van der Waals surface area contributed by atoms with Crippen LogP contribution in [0.2, 0.25) is 0 Å². The Hall–Kier alpha value is -1.47. The second-order valence-electron chi connectivity index (χ2n) is 4.21. The molecule has 5 nitrogen and oxygen atoms in total. The van der Waals surface area contributed by atoms with Gasteiger partial charge in [-0.15, -0.1) is 0 Å². The van der Waals surface area contributed by atoms with Crippen LogP contribution in [0.3, 0.4) is 0 Å². The molecule has 0 spiro atoms. The van der Waals surface area contributed by atoms with Crippen LogP contribution in [-0.4, -0.2) is 9.91 Å². The first-order valence-electron chi connectivity index (χ1n) is 5.76. The number of nitro groups is 1. The van der Waals surface area contributed by atoms with Gasteiger partial charge in [0.05, 0.1) is 17.2 Å². The smallest absolute Gasteiger partial charge is 0.292 e. The van der Waals surface area contributed by atoms with E-state index in [1.807, 2.05) is 19.1 Å².